The third-order valence-electron chi connectivity index (χ3n) is 1.50. The Hall–Kier alpha value is -0.190. The van der Waals surface area contributed by atoms with Gasteiger partial charge in [0.05, 0.1) is 5.51 Å². The molecule has 0 unspecified atom stereocenters. The molecule has 0 N–H and O–H groups in total. The summed E-state index contributed by atoms with van der Waals surface area (Å²) in [7, 11) is 0. The van der Waals surface area contributed by atoms with Gasteiger partial charge in [0.2, 0.25) is 0 Å². The number of nitrogens with zero attached hydrogens (tertiary/aromatic N) is 2. The van der Waals surface area contributed by atoms with E-state index in [-0.39, 0.29) is 0 Å². The van der Waals surface area contributed by atoms with Crippen LogP contribution in [-0.2, 0) is 5.88 Å². The standard InChI is InChI=1S/C7H4BrClN2S/c8-5-1-4(2-9)6-7(11-5)12-3-10-6/h1,3H,2H2. The molecule has 0 spiro atoms. The largest absolute Gasteiger partial charge is 0.243 e. The van der Waals surface area contributed by atoms with Crippen molar-refractivity contribution in [2.75, 3.05) is 0 Å². The molecule has 0 amide bonds. The Kier molecular flexibility index (Phi) is 2.30. The zero-order chi connectivity index (χ0) is 8.55. The molecule has 0 bridgehead atoms. The van der Waals surface area contributed by atoms with Gasteiger partial charge in [-0.05, 0) is 27.6 Å². The fourth-order valence-corrected chi connectivity index (χ4v) is 2.46. The second-order valence-corrected chi connectivity index (χ2v) is 4.16. The van der Waals surface area contributed by atoms with Crippen LogP contribution >= 0.6 is 38.9 Å². The van der Waals surface area contributed by atoms with Gasteiger partial charge in [0.1, 0.15) is 15.0 Å². The van der Waals surface area contributed by atoms with Crippen molar-refractivity contribution >= 4 is 49.2 Å². The first-order chi connectivity index (χ1) is 5.81. The summed E-state index contributed by atoms with van der Waals surface area (Å²) in [4.78, 5) is 9.37. The van der Waals surface area contributed by atoms with Gasteiger partial charge in [-0.15, -0.1) is 22.9 Å². The van der Waals surface area contributed by atoms with Crippen molar-refractivity contribution in [2.24, 2.45) is 0 Å². The van der Waals surface area contributed by atoms with Crippen molar-refractivity contribution < 1.29 is 0 Å². The van der Waals surface area contributed by atoms with Crippen LogP contribution in [0.3, 0.4) is 0 Å². The lowest BCUT2D eigenvalue weighted by molar-refractivity contribution is 1.29. The number of hydrogen-bond acceptors (Lipinski definition) is 3. The number of hydrogen-bond donors (Lipinski definition) is 0. The van der Waals surface area contributed by atoms with Crippen LogP contribution in [0.2, 0.25) is 0 Å². The van der Waals surface area contributed by atoms with Crippen LogP contribution in [0.4, 0.5) is 0 Å². The quantitative estimate of drug-likeness (QED) is 0.583. The maximum Gasteiger partial charge on any atom is 0.144 e. The molecule has 0 aliphatic rings. The van der Waals surface area contributed by atoms with Crippen LogP contribution in [-0.4, -0.2) is 9.97 Å². The minimum Gasteiger partial charge on any atom is -0.243 e. The zero-order valence-corrected chi connectivity index (χ0v) is 9.08. The average Bonchev–Trinajstić information content (AvgIpc) is 2.50. The van der Waals surface area contributed by atoms with Crippen LogP contribution in [0.1, 0.15) is 5.56 Å². The number of alkyl halides is 1. The van der Waals surface area contributed by atoms with Crippen LogP contribution in [0, 0.1) is 0 Å². The molecule has 0 saturated heterocycles. The molecule has 0 aliphatic carbocycles. The van der Waals surface area contributed by atoms with E-state index in [0.29, 0.717) is 5.88 Å². The first-order valence-corrected chi connectivity index (χ1v) is 5.46. The highest BCUT2D eigenvalue weighted by atomic mass is 79.9. The van der Waals surface area contributed by atoms with E-state index in [1.807, 2.05) is 6.07 Å². The Labute approximate surface area is 86.7 Å². The molecule has 12 heavy (non-hydrogen) atoms. The van der Waals surface area contributed by atoms with Crippen LogP contribution in [0.15, 0.2) is 16.2 Å². The molecule has 62 valence electrons. The van der Waals surface area contributed by atoms with Crippen LogP contribution in [0.5, 0.6) is 0 Å². The Morgan fingerprint density at radius 2 is 2.42 bits per heavy atom. The summed E-state index contributed by atoms with van der Waals surface area (Å²) in [6, 6.07) is 1.90. The van der Waals surface area contributed by atoms with Crippen LogP contribution in [0.25, 0.3) is 10.3 Å². The molecule has 0 fully saturated rings. The van der Waals surface area contributed by atoms with E-state index in [0.717, 1.165) is 20.5 Å². The SMILES string of the molecule is ClCc1cc(Br)nc2scnc12. The molecular weight excluding hydrogens is 260 g/mol. The summed E-state index contributed by atoms with van der Waals surface area (Å²) in [5, 5.41) is 0. The number of fused-ring (bicyclic) bond motifs is 1. The second-order valence-electron chi connectivity index (χ2n) is 2.24. The Bertz CT molecular complexity index is 415. The van der Waals surface area contributed by atoms with Gasteiger partial charge in [-0.25, -0.2) is 9.97 Å². The average molecular weight is 264 g/mol. The molecule has 0 radical (unpaired) electrons. The van der Waals surface area contributed by atoms with Crippen molar-refractivity contribution in [3.63, 3.8) is 0 Å². The zero-order valence-electron chi connectivity index (χ0n) is 5.92. The van der Waals surface area contributed by atoms with E-state index in [2.05, 4.69) is 25.9 Å². The Balaban J connectivity index is 2.80. The number of thiazole rings is 1. The van der Waals surface area contributed by atoms with Gasteiger partial charge in [0, 0.05) is 5.88 Å². The summed E-state index contributed by atoms with van der Waals surface area (Å²) in [5.41, 5.74) is 3.72. The van der Waals surface area contributed by atoms with Gasteiger partial charge >= 0.3 is 0 Å². The molecule has 2 heterocycles. The number of rotatable bonds is 1. The van der Waals surface area contributed by atoms with E-state index < -0.39 is 0 Å². The topological polar surface area (TPSA) is 25.8 Å². The fourth-order valence-electron chi connectivity index (χ4n) is 0.983. The first kappa shape index (κ1) is 8.41. The van der Waals surface area contributed by atoms with Crippen LogP contribution < -0.4 is 0 Å². The molecule has 0 atom stereocenters. The lowest BCUT2D eigenvalue weighted by Gasteiger charge is -1.96. The molecule has 2 rings (SSSR count). The summed E-state index contributed by atoms with van der Waals surface area (Å²) >= 11 is 10.6. The van der Waals surface area contributed by atoms with Gasteiger partial charge in [0.15, 0.2) is 0 Å². The molecule has 5 heteroatoms. The predicted molar refractivity (Wildman–Crippen MR) is 54.7 cm³/mol. The molecule has 2 nitrogen and oxygen atoms in total. The fraction of sp³-hybridized carbons (Fsp3) is 0.143. The molecule has 0 saturated carbocycles. The normalized spacial score (nSPS) is 10.8. The van der Waals surface area contributed by atoms with E-state index in [9.17, 15) is 0 Å². The molecule has 0 aliphatic heterocycles. The summed E-state index contributed by atoms with van der Waals surface area (Å²) < 4.78 is 0.815. The summed E-state index contributed by atoms with van der Waals surface area (Å²) in [5.74, 6) is 0.474. The Morgan fingerprint density at radius 1 is 1.58 bits per heavy atom. The molecule has 0 aromatic carbocycles. The summed E-state index contributed by atoms with van der Waals surface area (Å²) in [6.45, 7) is 0. The predicted octanol–water partition coefficient (Wildman–Crippen LogP) is 3.19. The van der Waals surface area contributed by atoms with E-state index >= 15 is 0 Å². The lowest BCUT2D eigenvalue weighted by atomic mass is 10.3. The maximum atomic E-state index is 5.75. The van der Waals surface area contributed by atoms with E-state index in [1.165, 1.54) is 11.3 Å². The first-order valence-electron chi connectivity index (χ1n) is 3.26. The van der Waals surface area contributed by atoms with Crippen molar-refractivity contribution in [3.05, 3.63) is 21.7 Å². The molecular formula is C7H4BrClN2S. The minimum absolute atomic E-state index is 0.474. The van der Waals surface area contributed by atoms with Gasteiger partial charge < -0.3 is 0 Å². The smallest absolute Gasteiger partial charge is 0.144 e. The lowest BCUT2D eigenvalue weighted by Crippen LogP contribution is -1.84. The van der Waals surface area contributed by atoms with E-state index in [1.54, 1.807) is 5.51 Å². The summed E-state index contributed by atoms with van der Waals surface area (Å²) in [6.07, 6.45) is 0. The number of halogens is 2. The molecule has 2 aromatic rings. The van der Waals surface area contributed by atoms with Crippen molar-refractivity contribution in [3.8, 4) is 0 Å². The Morgan fingerprint density at radius 3 is 3.17 bits per heavy atom. The highest BCUT2D eigenvalue weighted by molar-refractivity contribution is 9.10. The number of pyridine rings is 1. The monoisotopic (exact) mass is 262 g/mol. The van der Waals surface area contributed by atoms with Gasteiger partial charge in [-0.3, -0.25) is 0 Å². The number of aromatic nitrogens is 2. The van der Waals surface area contributed by atoms with Crippen molar-refractivity contribution in [1.29, 1.82) is 0 Å². The van der Waals surface area contributed by atoms with Gasteiger partial charge in [0.25, 0.3) is 0 Å². The molecule has 2 aromatic heterocycles. The van der Waals surface area contributed by atoms with Crippen molar-refractivity contribution in [1.82, 2.24) is 9.97 Å². The third kappa shape index (κ3) is 1.34. The van der Waals surface area contributed by atoms with Gasteiger partial charge in [-0.1, -0.05) is 0 Å². The third-order valence-corrected chi connectivity index (χ3v) is 2.91. The second kappa shape index (κ2) is 3.28. The maximum absolute atomic E-state index is 5.75. The highest BCUT2D eigenvalue weighted by Gasteiger charge is 2.05. The van der Waals surface area contributed by atoms with Crippen molar-refractivity contribution in [2.45, 2.75) is 5.88 Å². The van der Waals surface area contributed by atoms with Gasteiger partial charge in [-0.2, -0.15) is 0 Å². The minimum atomic E-state index is 0.474. The van der Waals surface area contributed by atoms with E-state index in [4.69, 9.17) is 11.6 Å². The highest BCUT2D eigenvalue weighted by Crippen LogP contribution is 2.23.